The van der Waals surface area contributed by atoms with Crippen LogP contribution >= 0.6 is 0 Å². The molecule has 0 bridgehead atoms. The molecule has 0 fully saturated rings. The first-order valence-corrected chi connectivity index (χ1v) is 3.61. The summed E-state index contributed by atoms with van der Waals surface area (Å²) in [5.74, 6) is 0.125. The van der Waals surface area contributed by atoms with E-state index >= 15 is 0 Å². The van der Waals surface area contributed by atoms with E-state index in [1.807, 2.05) is 0 Å². The number of hydrogen-bond acceptors (Lipinski definition) is 4. The van der Waals surface area contributed by atoms with Crippen LogP contribution in [0.25, 0.3) is 0 Å². The highest BCUT2D eigenvalue weighted by Gasteiger charge is 2.32. The summed E-state index contributed by atoms with van der Waals surface area (Å²) in [5, 5.41) is 12.8. The first kappa shape index (κ1) is 7.71. The first-order chi connectivity index (χ1) is 6.09. The number of amides is 1. The molecule has 1 aromatic heterocycles. The maximum atomic E-state index is 10.9. The van der Waals surface area contributed by atoms with E-state index < -0.39 is 4.92 Å². The molecule has 2 heterocycles. The summed E-state index contributed by atoms with van der Waals surface area (Å²) >= 11 is 0. The van der Waals surface area contributed by atoms with Gasteiger partial charge in [-0.2, -0.15) is 0 Å². The lowest BCUT2D eigenvalue weighted by Gasteiger charge is -1.91. The molecule has 68 valence electrons. The maximum absolute atomic E-state index is 10.9. The zero-order chi connectivity index (χ0) is 9.59. The van der Waals surface area contributed by atoms with Crippen molar-refractivity contribution in [3.05, 3.63) is 15.9 Å². The Morgan fingerprint density at radius 1 is 1.69 bits per heavy atom. The number of nitrogens with zero attached hydrogens (tertiary/aromatic N) is 3. The maximum Gasteiger partial charge on any atom is 0.407 e. The molecule has 1 aromatic rings. The van der Waals surface area contributed by atoms with Crippen LogP contribution in [0.2, 0.25) is 0 Å². The van der Waals surface area contributed by atoms with Crippen molar-refractivity contribution in [1.29, 1.82) is 0 Å². The van der Waals surface area contributed by atoms with Gasteiger partial charge in [-0.25, -0.2) is 0 Å². The van der Waals surface area contributed by atoms with Gasteiger partial charge in [0.1, 0.15) is 6.54 Å². The van der Waals surface area contributed by atoms with Crippen LogP contribution in [0, 0.1) is 17.0 Å². The van der Waals surface area contributed by atoms with Gasteiger partial charge in [-0.1, -0.05) is 0 Å². The molecule has 13 heavy (non-hydrogen) atoms. The van der Waals surface area contributed by atoms with Crippen LogP contribution in [0.5, 0.6) is 0 Å². The van der Waals surface area contributed by atoms with E-state index in [0.717, 1.165) is 0 Å². The first-order valence-electron chi connectivity index (χ1n) is 3.61. The van der Waals surface area contributed by atoms with Crippen molar-refractivity contribution >= 4 is 17.5 Å². The lowest BCUT2D eigenvalue weighted by molar-refractivity contribution is -0.388. The molecular formula is C6H6N4O3. The third-order valence-electron chi connectivity index (χ3n) is 1.87. The largest absolute Gasteiger partial charge is 0.407 e. The quantitative estimate of drug-likeness (QED) is 0.490. The van der Waals surface area contributed by atoms with Crippen LogP contribution in [-0.2, 0) is 11.3 Å². The highest BCUT2D eigenvalue weighted by atomic mass is 16.6. The molecule has 0 radical (unpaired) electrons. The van der Waals surface area contributed by atoms with E-state index in [1.165, 1.54) is 4.57 Å². The number of rotatable bonds is 1. The van der Waals surface area contributed by atoms with Gasteiger partial charge in [-0.05, 0) is 9.91 Å². The molecule has 1 aliphatic heterocycles. The Hall–Kier alpha value is -1.92. The SMILES string of the molecule is Cc1nc([N+](=O)[O-])c2n1CC(=O)N2. The van der Waals surface area contributed by atoms with Crippen molar-refractivity contribution in [2.45, 2.75) is 13.5 Å². The highest BCUT2D eigenvalue weighted by molar-refractivity contribution is 5.95. The molecule has 0 saturated carbocycles. The Kier molecular flexibility index (Phi) is 1.35. The molecular weight excluding hydrogens is 176 g/mol. The van der Waals surface area contributed by atoms with Crippen molar-refractivity contribution in [2.24, 2.45) is 0 Å². The minimum Gasteiger partial charge on any atom is -0.358 e. The Bertz CT molecular complexity index is 408. The Labute approximate surface area is 72.5 Å². The Morgan fingerprint density at radius 2 is 2.38 bits per heavy atom. The van der Waals surface area contributed by atoms with Crippen LogP contribution in [0.3, 0.4) is 0 Å². The van der Waals surface area contributed by atoms with Crippen LogP contribution < -0.4 is 5.32 Å². The summed E-state index contributed by atoms with van der Waals surface area (Å²) in [6.07, 6.45) is 0. The summed E-state index contributed by atoms with van der Waals surface area (Å²) < 4.78 is 1.49. The monoisotopic (exact) mass is 182 g/mol. The van der Waals surface area contributed by atoms with Gasteiger partial charge in [0.2, 0.25) is 17.5 Å². The van der Waals surface area contributed by atoms with E-state index in [1.54, 1.807) is 6.92 Å². The van der Waals surface area contributed by atoms with Gasteiger partial charge in [0.25, 0.3) is 0 Å². The fourth-order valence-electron chi connectivity index (χ4n) is 1.31. The van der Waals surface area contributed by atoms with Gasteiger partial charge in [0.15, 0.2) is 0 Å². The fraction of sp³-hybridized carbons (Fsp3) is 0.333. The van der Waals surface area contributed by atoms with Crippen molar-refractivity contribution in [1.82, 2.24) is 9.55 Å². The number of carbonyl (C=O) groups is 1. The summed E-state index contributed by atoms with van der Waals surface area (Å²) in [6.45, 7) is 1.73. The second-order valence-corrected chi connectivity index (χ2v) is 2.72. The summed E-state index contributed by atoms with van der Waals surface area (Å²) in [5.41, 5.74) is 0. The van der Waals surface area contributed by atoms with Gasteiger partial charge in [-0.3, -0.25) is 9.36 Å². The van der Waals surface area contributed by atoms with Crippen LogP contribution in [0.15, 0.2) is 0 Å². The summed E-state index contributed by atoms with van der Waals surface area (Å²) in [7, 11) is 0. The number of hydrogen-bond donors (Lipinski definition) is 1. The van der Waals surface area contributed by atoms with E-state index in [-0.39, 0.29) is 24.1 Å². The molecule has 7 heteroatoms. The molecule has 0 spiro atoms. The molecule has 1 aliphatic rings. The lowest BCUT2D eigenvalue weighted by Crippen LogP contribution is -2.07. The number of aryl methyl sites for hydroxylation is 1. The number of nitro groups is 1. The number of carbonyl (C=O) groups excluding carboxylic acids is 1. The van der Waals surface area contributed by atoms with Gasteiger partial charge < -0.3 is 15.4 Å². The molecule has 0 atom stereocenters. The summed E-state index contributed by atoms with van der Waals surface area (Å²) in [4.78, 5) is 24.5. The number of imidazole rings is 1. The molecule has 0 unspecified atom stereocenters. The average molecular weight is 182 g/mol. The number of fused-ring (bicyclic) bond motifs is 1. The van der Waals surface area contributed by atoms with Crippen LogP contribution in [-0.4, -0.2) is 20.4 Å². The number of nitrogens with one attached hydrogen (secondary N) is 1. The third-order valence-corrected chi connectivity index (χ3v) is 1.87. The molecule has 1 amide bonds. The molecule has 0 aliphatic carbocycles. The predicted octanol–water partition coefficient (Wildman–Crippen LogP) is 0.0518. The number of anilines is 1. The minimum atomic E-state index is -0.607. The average Bonchev–Trinajstić information content (AvgIpc) is 2.51. The van der Waals surface area contributed by atoms with Crippen LogP contribution in [0.4, 0.5) is 11.6 Å². The summed E-state index contributed by atoms with van der Waals surface area (Å²) in [6, 6.07) is 0. The third kappa shape index (κ3) is 0.968. The second-order valence-electron chi connectivity index (χ2n) is 2.72. The second kappa shape index (κ2) is 2.28. The molecule has 0 aromatic carbocycles. The zero-order valence-corrected chi connectivity index (χ0v) is 6.77. The molecule has 2 rings (SSSR count). The van der Waals surface area contributed by atoms with Gasteiger partial charge in [0, 0.05) is 6.92 Å². The van der Waals surface area contributed by atoms with Gasteiger partial charge >= 0.3 is 5.82 Å². The Balaban J connectivity index is 2.58. The van der Waals surface area contributed by atoms with E-state index in [0.29, 0.717) is 5.82 Å². The standard InChI is InChI=1S/C6H6N4O3/c1-3-7-6(10(12)13)5-8-4(11)2-9(3)5/h2H2,1H3,(H,8,11). The topological polar surface area (TPSA) is 90.1 Å². The Morgan fingerprint density at radius 3 is 3.00 bits per heavy atom. The van der Waals surface area contributed by atoms with E-state index in [2.05, 4.69) is 10.3 Å². The van der Waals surface area contributed by atoms with Crippen molar-refractivity contribution < 1.29 is 9.72 Å². The molecule has 0 saturated heterocycles. The zero-order valence-electron chi connectivity index (χ0n) is 6.77. The molecule has 1 N–H and O–H groups in total. The predicted molar refractivity (Wildman–Crippen MR) is 42.2 cm³/mol. The normalized spacial score (nSPS) is 14.1. The van der Waals surface area contributed by atoms with Crippen molar-refractivity contribution in [3.8, 4) is 0 Å². The van der Waals surface area contributed by atoms with Crippen LogP contribution in [0.1, 0.15) is 5.82 Å². The fourth-order valence-corrected chi connectivity index (χ4v) is 1.31. The van der Waals surface area contributed by atoms with Gasteiger partial charge in [0.05, 0.1) is 0 Å². The van der Waals surface area contributed by atoms with E-state index in [9.17, 15) is 14.9 Å². The van der Waals surface area contributed by atoms with Crippen molar-refractivity contribution in [3.63, 3.8) is 0 Å². The smallest absolute Gasteiger partial charge is 0.358 e. The highest BCUT2D eigenvalue weighted by Crippen LogP contribution is 2.28. The number of aromatic nitrogens is 2. The van der Waals surface area contributed by atoms with Gasteiger partial charge in [-0.15, -0.1) is 0 Å². The minimum absolute atomic E-state index is 0.113. The van der Waals surface area contributed by atoms with E-state index in [4.69, 9.17) is 0 Å². The molecule has 7 nitrogen and oxygen atoms in total. The lowest BCUT2D eigenvalue weighted by atomic mass is 10.6. The van der Waals surface area contributed by atoms with Crippen molar-refractivity contribution in [2.75, 3.05) is 5.32 Å².